The highest BCUT2D eigenvalue weighted by molar-refractivity contribution is 6.24. The number of hydrogen-bond acceptors (Lipinski definition) is 6. The van der Waals surface area contributed by atoms with Crippen molar-refractivity contribution >= 4 is 29.3 Å². The quantitative estimate of drug-likeness (QED) is 0.416. The highest BCUT2D eigenvalue weighted by Crippen LogP contribution is 2.32. The molecular formula is C18H18N4O6. The Hall–Kier alpha value is -3.30. The molecule has 2 heterocycles. The number of nitro benzene ring substituents is 1. The highest BCUT2D eigenvalue weighted by atomic mass is 16.6. The molecule has 0 bridgehead atoms. The summed E-state index contributed by atoms with van der Waals surface area (Å²) in [5, 5.41) is 11.1. The maximum absolute atomic E-state index is 12.6. The summed E-state index contributed by atoms with van der Waals surface area (Å²) >= 11 is 0. The van der Waals surface area contributed by atoms with Crippen LogP contribution in [0.2, 0.25) is 0 Å². The van der Waals surface area contributed by atoms with E-state index in [9.17, 15) is 29.3 Å². The van der Waals surface area contributed by atoms with Gasteiger partial charge in [0, 0.05) is 38.2 Å². The molecule has 1 saturated heterocycles. The molecule has 10 nitrogen and oxygen atoms in total. The first-order valence-electron chi connectivity index (χ1n) is 9.08. The predicted molar refractivity (Wildman–Crippen MR) is 94.3 cm³/mol. The molecule has 4 rings (SSSR count). The molecule has 10 heteroatoms. The minimum absolute atomic E-state index is 0.0631. The summed E-state index contributed by atoms with van der Waals surface area (Å²) in [6.45, 7) is 1.05. The zero-order valence-electron chi connectivity index (χ0n) is 15.0. The van der Waals surface area contributed by atoms with E-state index in [1.165, 1.54) is 17.0 Å². The van der Waals surface area contributed by atoms with Crippen molar-refractivity contribution < 1.29 is 24.1 Å². The summed E-state index contributed by atoms with van der Waals surface area (Å²) in [6.07, 6.45) is 1.84. The molecule has 2 fully saturated rings. The van der Waals surface area contributed by atoms with Crippen molar-refractivity contribution in [2.45, 2.75) is 12.8 Å². The first-order valence-corrected chi connectivity index (χ1v) is 9.08. The van der Waals surface area contributed by atoms with Crippen LogP contribution >= 0.6 is 0 Å². The number of imide groups is 1. The van der Waals surface area contributed by atoms with Crippen LogP contribution in [-0.4, -0.2) is 76.0 Å². The number of nitro groups is 1. The van der Waals surface area contributed by atoms with E-state index in [-0.39, 0.29) is 23.0 Å². The van der Waals surface area contributed by atoms with Gasteiger partial charge in [-0.05, 0) is 18.9 Å². The largest absolute Gasteiger partial charge is 0.339 e. The van der Waals surface area contributed by atoms with Crippen molar-refractivity contribution in [3.05, 3.63) is 39.4 Å². The molecule has 1 aromatic rings. The Bertz CT molecular complexity index is 901. The Kier molecular flexibility index (Phi) is 4.33. The maximum atomic E-state index is 12.6. The van der Waals surface area contributed by atoms with E-state index in [0.29, 0.717) is 26.2 Å². The second-order valence-electron chi connectivity index (χ2n) is 7.13. The number of benzene rings is 1. The molecule has 0 radical (unpaired) electrons. The lowest BCUT2D eigenvalue weighted by atomic mass is 10.1. The molecule has 2 aliphatic heterocycles. The fourth-order valence-corrected chi connectivity index (χ4v) is 3.61. The highest BCUT2D eigenvalue weighted by Gasteiger charge is 2.42. The average Bonchev–Trinajstić information content (AvgIpc) is 3.52. The summed E-state index contributed by atoms with van der Waals surface area (Å²) in [7, 11) is 0. The van der Waals surface area contributed by atoms with Crippen LogP contribution in [0.4, 0.5) is 5.69 Å². The number of piperazine rings is 1. The van der Waals surface area contributed by atoms with Gasteiger partial charge >= 0.3 is 0 Å². The standard InChI is InChI=1S/C18H18N4O6/c23-14(19-6-8-20(9-7-19)16(24)11-4-5-11)10-21-17(25)12-2-1-3-13(22(27)28)15(12)18(21)26/h1-3,11H,4-10H2. The number of carbonyl (C=O) groups excluding carboxylic acids is 4. The second kappa shape index (κ2) is 6.70. The van der Waals surface area contributed by atoms with Gasteiger partial charge in [0.05, 0.1) is 10.5 Å². The van der Waals surface area contributed by atoms with Gasteiger partial charge in [0.15, 0.2) is 0 Å². The molecule has 1 saturated carbocycles. The van der Waals surface area contributed by atoms with Crippen molar-refractivity contribution in [2.75, 3.05) is 32.7 Å². The lowest BCUT2D eigenvalue weighted by Crippen LogP contribution is -2.53. The monoisotopic (exact) mass is 386 g/mol. The predicted octanol–water partition coefficient (Wildman–Crippen LogP) is 0.272. The molecule has 1 aliphatic carbocycles. The Morgan fingerprint density at radius 1 is 1.04 bits per heavy atom. The molecular weight excluding hydrogens is 368 g/mol. The molecule has 28 heavy (non-hydrogen) atoms. The molecule has 0 N–H and O–H groups in total. The minimum atomic E-state index is -0.830. The van der Waals surface area contributed by atoms with Crippen molar-refractivity contribution in [1.82, 2.24) is 14.7 Å². The summed E-state index contributed by atoms with van der Waals surface area (Å²) < 4.78 is 0. The van der Waals surface area contributed by atoms with Gasteiger partial charge < -0.3 is 9.80 Å². The van der Waals surface area contributed by atoms with Crippen LogP contribution in [0.5, 0.6) is 0 Å². The number of nitrogens with zero attached hydrogens (tertiary/aromatic N) is 4. The third kappa shape index (κ3) is 3.00. The van der Waals surface area contributed by atoms with Crippen molar-refractivity contribution in [1.29, 1.82) is 0 Å². The van der Waals surface area contributed by atoms with Crippen LogP contribution < -0.4 is 0 Å². The smallest absolute Gasteiger partial charge is 0.282 e. The molecule has 0 spiro atoms. The first kappa shape index (κ1) is 18.1. The van der Waals surface area contributed by atoms with E-state index in [0.717, 1.165) is 23.8 Å². The van der Waals surface area contributed by atoms with E-state index in [1.807, 2.05) is 0 Å². The minimum Gasteiger partial charge on any atom is -0.339 e. The van der Waals surface area contributed by atoms with Gasteiger partial charge in [0.2, 0.25) is 11.8 Å². The number of fused-ring (bicyclic) bond motifs is 1. The second-order valence-corrected chi connectivity index (χ2v) is 7.13. The molecule has 146 valence electrons. The number of amides is 4. The maximum Gasteiger partial charge on any atom is 0.282 e. The molecule has 0 aromatic heterocycles. The Balaban J connectivity index is 1.42. The zero-order valence-corrected chi connectivity index (χ0v) is 15.0. The van der Waals surface area contributed by atoms with E-state index in [1.54, 1.807) is 4.90 Å². The van der Waals surface area contributed by atoms with E-state index < -0.39 is 34.9 Å². The molecule has 0 atom stereocenters. The Morgan fingerprint density at radius 2 is 1.68 bits per heavy atom. The fraction of sp³-hybridized carbons (Fsp3) is 0.444. The Morgan fingerprint density at radius 3 is 2.29 bits per heavy atom. The Labute approximate surface area is 159 Å². The molecule has 1 aromatic carbocycles. The van der Waals surface area contributed by atoms with Crippen molar-refractivity contribution in [3.8, 4) is 0 Å². The lowest BCUT2D eigenvalue weighted by Gasteiger charge is -2.35. The van der Waals surface area contributed by atoms with E-state index in [4.69, 9.17) is 0 Å². The van der Waals surface area contributed by atoms with Crippen LogP contribution in [0.15, 0.2) is 18.2 Å². The molecule has 3 aliphatic rings. The number of carbonyl (C=O) groups is 4. The van der Waals surface area contributed by atoms with Gasteiger partial charge in [-0.3, -0.25) is 34.2 Å². The van der Waals surface area contributed by atoms with Crippen LogP contribution in [0, 0.1) is 16.0 Å². The summed E-state index contributed by atoms with van der Waals surface area (Å²) in [5.74, 6) is -1.71. The summed E-state index contributed by atoms with van der Waals surface area (Å²) in [4.78, 5) is 64.1. The molecule has 4 amide bonds. The lowest BCUT2D eigenvalue weighted by molar-refractivity contribution is -0.385. The SMILES string of the molecule is O=C(CN1C(=O)c2cccc([N+](=O)[O-])c2C1=O)N1CCN(C(=O)C2CC2)CC1. The van der Waals surface area contributed by atoms with Gasteiger partial charge in [0.25, 0.3) is 17.5 Å². The fourth-order valence-electron chi connectivity index (χ4n) is 3.61. The van der Waals surface area contributed by atoms with E-state index >= 15 is 0 Å². The van der Waals surface area contributed by atoms with Crippen LogP contribution in [0.3, 0.4) is 0 Å². The zero-order chi connectivity index (χ0) is 20.0. The third-order valence-electron chi connectivity index (χ3n) is 5.34. The van der Waals surface area contributed by atoms with Crippen LogP contribution in [0.25, 0.3) is 0 Å². The van der Waals surface area contributed by atoms with Gasteiger partial charge in [-0.15, -0.1) is 0 Å². The van der Waals surface area contributed by atoms with Gasteiger partial charge in [0.1, 0.15) is 12.1 Å². The first-order chi connectivity index (χ1) is 13.4. The third-order valence-corrected chi connectivity index (χ3v) is 5.34. The molecule has 0 unspecified atom stereocenters. The topological polar surface area (TPSA) is 121 Å². The van der Waals surface area contributed by atoms with E-state index in [2.05, 4.69) is 0 Å². The summed E-state index contributed by atoms with van der Waals surface area (Å²) in [6, 6.07) is 3.84. The van der Waals surface area contributed by atoms with Crippen molar-refractivity contribution in [2.24, 2.45) is 5.92 Å². The van der Waals surface area contributed by atoms with Gasteiger partial charge in [-0.2, -0.15) is 0 Å². The van der Waals surface area contributed by atoms with Crippen molar-refractivity contribution in [3.63, 3.8) is 0 Å². The number of rotatable bonds is 4. The number of hydrogen-bond donors (Lipinski definition) is 0. The van der Waals surface area contributed by atoms with Gasteiger partial charge in [-0.25, -0.2) is 0 Å². The van der Waals surface area contributed by atoms with Gasteiger partial charge in [-0.1, -0.05) is 6.07 Å². The van der Waals surface area contributed by atoms with Crippen LogP contribution in [0.1, 0.15) is 33.6 Å². The van der Waals surface area contributed by atoms with Crippen LogP contribution in [-0.2, 0) is 9.59 Å². The summed E-state index contributed by atoms with van der Waals surface area (Å²) in [5.41, 5.74) is -0.782. The normalized spacial score (nSPS) is 19.1. The average molecular weight is 386 g/mol.